The van der Waals surface area contributed by atoms with Gasteiger partial charge in [0, 0.05) is 5.71 Å². The second kappa shape index (κ2) is 5.53. The van der Waals surface area contributed by atoms with E-state index in [4.69, 9.17) is 0 Å². The van der Waals surface area contributed by atoms with Gasteiger partial charge in [-0.3, -0.25) is 0 Å². The van der Waals surface area contributed by atoms with Crippen LogP contribution >= 0.6 is 0 Å². The first-order chi connectivity index (χ1) is 5.88. The van der Waals surface area contributed by atoms with Gasteiger partial charge in [-0.2, -0.15) is 4.40 Å². The van der Waals surface area contributed by atoms with Gasteiger partial charge in [0.2, 0.25) is 0 Å². The van der Waals surface area contributed by atoms with Crippen LogP contribution in [-0.2, 0) is 11.0 Å². The molecule has 0 saturated heterocycles. The summed E-state index contributed by atoms with van der Waals surface area (Å²) in [4.78, 5) is 0. The molecule has 0 aromatic rings. The van der Waals surface area contributed by atoms with Crippen molar-refractivity contribution in [1.29, 1.82) is 0 Å². The largest absolute Gasteiger partial charge is 0.234 e. The summed E-state index contributed by atoms with van der Waals surface area (Å²) in [6.45, 7) is 9.94. The molecule has 0 spiro atoms. The van der Waals surface area contributed by atoms with Crippen molar-refractivity contribution in [2.45, 2.75) is 58.6 Å². The van der Waals surface area contributed by atoms with E-state index in [2.05, 4.69) is 11.3 Å². The van der Waals surface area contributed by atoms with Crippen molar-refractivity contribution in [3.63, 3.8) is 0 Å². The fourth-order valence-corrected chi connectivity index (χ4v) is 1.40. The minimum absolute atomic E-state index is 0.229. The molecular formula is C10H21NOS. The second-order valence-electron chi connectivity index (χ2n) is 4.29. The molecule has 2 nitrogen and oxygen atoms in total. The lowest BCUT2D eigenvalue weighted by atomic mass is 10.2. The predicted octanol–water partition coefficient (Wildman–Crippen LogP) is 3.10. The van der Waals surface area contributed by atoms with E-state index in [1.165, 1.54) is 0 Å². The third-order valence-electron chi connectivity index (χ3n) is 1.65. The summed E-state index contributed by atoms with van der Waals surface area (Å²) >= 11 is 0. The Morgan fingerprint density at radius 1 is 1.38 bits per heavy atom. The van der Waals surface area contributed by atoms with Crippen LogP contribution in [0.3, 0.4) is 0 Å². The molecule has 0 aliphatic heterocycles. The average Bonchev–Trinajstić information content (AvgIpc) is 1.99. The highest BCUT2D eigenvalue weighted by Crippen LogP contribution is 2.13. The lowest BCUT2D eigenvalue weighted by Gasteiger charge is -2.13. The van der Waals surface area contributed by atoms with Crippen LogP contribution in [-0.4, -0.2) is 14.7 Å². The third kappa shape index (κ3) is 5.97. The Bertz CT molecular complexity index is 203. The van der Waals surface area contributed by atoms with Crippen LogP contribution in [0.2, 0.25) is 0 Å². The van der Waals surface area contributed by atoms with Crippen LogP contribution in [0.4, 0.5) is 0 Å². The second-order valence-corrected chi connectivity index (χ2v) is 6.20. The molecule has 0 heterocycles. The molecule has 0 amide bonds. The Morgan fingerprint density at radius 3 is 2.31 bits per heavy atom. The van der Waals surface area contributed by atoms with Gasteiger partial charge in [0.1, 0.15) is 11.0 Å². The minimum Gasteiger partial charge on any atom is -0.234 e. The van der Waals surface area contributed by atoms with Gasteiger partial charge in [0.25, 0.3) is 0 Å². The van der Waals surface area contributed by atoms with Crippen LogP contribution in [0, 0.1) is 0 Å². The van der Waals surface area contributed by atoms with Crippen molar-refractivity contribution < 1.29 is 4.21 Å². The average molecular weight is 203 g/mol. The normalized spacial score (nSPS) is 15.9. The zero-order chi connectivity index (χ0) is 10.5. The Balaban J connectivity index is 4.15. The smallest absolute Gasteiger partial charge is 0.144 e. The molecule has 0 rings (SSSR count). The van der Waals surface area contributed by atoms with Crippen molar-refractivity contribution in [1.82, 2.24) is 0 Å². The highest BCUT2D eigenvalue weighted by atomic mass is 32.2. The summed E-state index contributed by atoms with van der Waals surface area (Å²) in [5.41, 5.74) is 1.01. The number of unbranched alkanes of at least 4 members (excludes halogenated alkanes) is 1. The highest BCUT2D eigenvalue weighted by Gasteiger charge is 2.18. The molecule has 0 N–H and O–H groups in total. The van der Waals surface area contributed by atoms with E-state index < -0.39 is 11.0 Å². The molecular weight excluding hydrogens is 182 g/mol. The number of rotatable bonds is 4. The summed E-state index contributed by atoms with van der Waals surface area (Å²) in [6.07, 6.45) is 3.27. The quantitative estimate of drug-likeness (QED) is 0.646. The highest BCUT2D eigenvalue weighted by molar-refractivity contribution is 7.85. The van der Waals surface area contributed by atoms with E-state index >= 15 is 0 Å². The number of hydrogen-bond donors (Lipinski definition) is 0. The van der Waals surface area contributed by atoms with Crippen LogP contribution in [0.25, 0.3) is 0 Å². The SMILES string of the molecule is CCCC/C(C)=N/S(=O)C(C)(C)C. The molecule has 0 aromatic carbocycles. The van der Waals surface area contributed by atoms with Crippen molar-refractivity contribution in [2.24, 2.45) is 4.40 Å². The fraction of sp³-hybridized carbons (Fsp3) is 0.900. The number of nitrogens with zero attached hydrogens (tertiary/aromatic N) is 1. The van der Waals surface area contributed by atoms with E-state index in [0.717, 1.165) is 25.0 Å². The van der Waals surface area contributed by atoms with Gasteiger partial charge in [-0.05, 0) is 40.5 Å². The molecule has 13 heavy (non-hydrogen) atoms. The van der Waals surface area contributed by atoms with E-state index in [1.54, 1.807) is 0 Å². The molecule has 0 saturated carbocycles. The summed E-state index contributed by atoms with van der Waals surface area (Å²) < 4.78 is 15.5. The lowest BCUT2D eigenvalue weighted by Crippen LogP contribution is -2.20. The van der Waals surface area contributed by atoms with E-state index in [9.17, 15) is 4.21 Å². The molecule has 3 heteroatoms. The topological polar surface area (TPSA) is 29.4 Å². The molecule has 0 fully saturated rings. The van der Waals surface area contributed by atoms with Gasteiger partial charge in [0.05, 0.1) is 4.75 Å². The Kier molecular flexibility index (Phi) is 5.45. The maximum absolute atomic E-state index is 11.6. The number of hydrogen-bond acceptors (Lipinski definition) is 1. The summed E-state index contributed by atoms with van der Waals surface area (Å²) in [6, 6.07) is 0. The summed E-state index contributed by atoms with van der Waals surface area (Å²) in [7, 11) is -1.08. The van der Waals surface area contributed by atoms with Gasteiger partial charge in [-0.25, -0.2) is 4.21 Å². The van der Waals surface area contributed by atoms with E-state index in [1.807, 2.05) is 27.7 Å². The molecule has 1 unspecified atom stereocenters. The molecule has 0 bridgehead atoms. The van der Waals surface area contributed by atoms with Crippen LogP contribution < -0.4 is 0 Å². The van der Waals surface area contributed by atoms with Crippen LogP contribution in [0.15, 0.2) is 4.40 Å². The van der Waals surface area contributed by atoms with Gasteiger partial charge in [-0.1, -0.05) is 13.3 Å². The first-order valence-corrected chi connectivity index (χ1v) is 5.94. The zero-order valence-electron chi connectivity index (χ0n) is 9.39. The molecule has 0 radical (unpaired) electrons. The van der Waals surface area contributed by atoms with Gasteiger partial charge in [-0.15, -0.1) is 0 Å². The first-order valence-electron chi connectivity index (χ1n) is 4.84. The van der Waals surface area contributed by atoms with Gasteiger partial charge in [0.15, 0.2) is 0 Å². The Hall–Kier alpha value is -0.180. The van der Waals surface area contributed by atoms with Gasteiger partial charge < -0.3 is 0 Å². The molecule has 0 aliphatic rings. The van der Waals surface area contributed by atoms with E-state index in [-0.39, 0.29) is 4.75 Å². The van der Waals surface area contributed by atoms with Crippen molar-refractivity contribution in [2.75, 3.05) is 0 Å². The Labute approximate surface area is 84.4 Å². The Morgan fingerprint density at radius 2 is 1.92 bits per heavy atom. The molecule has 78 valence electrons. The van der Waals surface area contributed by atoms with Gasteiger partial charge >= 0.3 is 0 Å². The first kappa shape index (κ1) is 12.8. The summed E-state index contributed by atoms with van der Waals surface area (Å²) in [5.74, 6) is 0. The fourth-order valence-electron chi connectivity index (χ4n) is 0.757. The van der Waals surface area contributed by atoms with Crippen molar-refractivity contribution in [3.05, 3.63) is 0 Å². The van der Waals surface area contributed by atoms with Crippen LogP contribution in [0.1, 0.15) is 53.9 Å². The van der Waals surface area contributed by atoms with E-state index in [0.29, 0.717) is 0 Å². The van der Waals surface area contributed by atoms with Crippen molar-refractivity contribution in [3.8, 4) is 0 Å². The third-order valence-corrected chi connectivity index (χ3v) is 3.18. The maximum Gasteiger partial charge on any atom is 0.144 e. The van der Waals surface area contributed by atoms with Crippen molar-refractivity contribution >= 4 is 16.7 Å². The molecule has 0 aromatic heterocycles. The lowest BCUT2D eigenvalue weighted by molar-refractivity contribution is 0.650. The minimum atomic E-state index is -1.08. The predicted molar refractivity (Wildman–Crippen MR) is 60.5 cm³/mol. The molecule has 1 atom stereocenters. The maximum atomic E-state index is 11.6. The van der Waals surface area contributed by atoms with Crippen LogP contribution in [0.5, 0.6) is 0 Å². The zero-order valence-corrected chi connectivity index (χ0v) is 10.2. The molecule has 0 aliphatic carbocycles. The monoisotopic (exact) mass is 203 g/mol. The summed E-state index contributed by atoms with van der Waals surface area (Å²) in [5, 5.41) is 0. The standard InChI is InChI=1S/C10H21NOS/c1-6-7-8-9(2)11-13(12)10(3,4)5/h6-8H2,1-5H3/b11-9+.